The van der Waals surface area contributed by atoms with Crippen LogP contribution in [0.2, 0.25) is 0 Å². The molecule has 6 heteroatoms. The van der Waals surface area contributed by atoms with Gasteiger partial charge in [0.05, 0.1) is 7.11 Å². The number of ether oxygens (including phenoxy) is 2. The zero-order valence-corrected chi connectivity index (χ0v) is 12.6. The number of methoxy groups -OCH3 is 1. The molecule has 6 nitrogen and oxygen atoms in total. The topological polar surface area (TPSA) is 81.9 Å². The van der Waals surface area contributed by atoms with Crippen LogP contribution in [0.3, 0.4) is 0 Å². The van der Waals surface area contributed by atoms with Crippen LogP contribution in [0.25, 0.3) is 0 Å². The SMILES string of the molecule is COC(=O)C1C(N)C2CCCC2N1C(=O)OC(C)(C)C. The van der Waals surface area contributed by atoms with Crippen molar-refractivity contribution in [2.45, 2.75) is 63.8 Å². The number of carbonyl (C=O) groups is 2. The predicted octanol–water partition coefficient (Wildman–Crippen LogP) is 1.27. The van der Waals surface area contributed by atoms with Crippen LogP contribution in [0.1, 0.15) is 40.0 Å². The third kappa shape index (κ3) is 2.61. The van der Waals surface area contributed by atoms with E-state index in [1.807, 2.05) is 0 Å². The third-order valence-corrected chi connectivity index (χ3v) is 4.09. The molecule has 0 aromatic carbocycles. The van der Waals surface area contributed by atoms with Crippen molar-refractivity contribution < 1.29 is 19.1 Å². The number of amides is 1. The van der Waals surface area contributed by atoms with E-state index in [0.717, 1.165) is 19.3 Å². The van der Waals surface area contributed by atoms with Crippen molar-refractivity contribution >= 4 is 12.1 Å². The second-order valence-corrected chi connectivity index (χ2v) is 6.60. The molecular weight excluding hydrogens is 260 g/mol. The number of nitrogens with zero attached hydrogens (tertiary/aromatic N) is 1. The Morgan fingerprint density at radius 1 is 1.25 bits per heavy atom. The summed E-state index contributed by atoms with van der Waals surface area (Å²) in [4.78, 5) is 25.9. The van der Waals surface area contributed by atoms with E-state index in [-0.39, 0.29) is 18.0 Å². The highest BCUT2D eigenvalue weighted by Crippen LogP contribution is 2.41. The quantitative estimate of drug-likeness (QED) is 0.733. The number of hydrogen-bond acceptors (Lipinski definition) is 5. The van der Waals surface area contributed by atoms with Gasteiger partial charge < -0.3 is 15.2 Å². The maximum atomic E-state index is 12.4. The predicted molar refractivity (Wildman–Crippen MR) is 73.0 cm³/mol. The maximum absolute atomic E-state index is 12.4. The van der Waals surface area contributed by atoms with Crippen LogP contribution in [0.5, 0.6) is 0 Å². The van der Waals surface area contributed by atoms with Crippen molar-refractivity contribution in [3.05, 3.63) is 0 Å². The highest BCUT2D eigenvalue weighted by Gasteiger charge is 2.55. The summed E-state index contributed by atoms with van der Waals surface area (Å²) < 4.78 is 10.2. The highest BCUT2D eigenvalue weighted by atomic mass is 16.6. The molecule has 2 rings (SSSR count). The van der Waals surface area contributed by atoms with Gasteiger partial charge in [-0.05, 0) is 39.5 Å². The minimum atomic E-state index is -0.731. The van der Waals surface area contributed by atoms with Crippen molar-refractivity contribution in [1.29, 1.82) is 0 Å². The molecule has 1 heterocycles. The van der Waals surface area contributed by atoms with Crippen LogP contribution in [-0.2, 0) is 14.3 Å². The van der Waals surface area contributed by atoms with E-state index in [1.54, 1.807) is 20.8 Å². The number of rotatable bonds is 1. The molecule has 4 atom stereocenters. The lowest BCUT2D eigenvalue weighted by atomic mass is 9.96. The molecule has 1 aliphatic carbocycles. The van der Waals surface area contributed by atoms with E-state index in [0.29, 0.717) is 0 Å². The first-order chi connectivity index (χ1) is 9.26. The van der Waals surface area contributed by atoms with Crippen LogP contribution in [0.4, 0.5) is 4.79 Å². The number of hydrogen-bond donors (Lipinski definition) is 1. The molecule has 0 aromatic rings. The van der Waals surface area contributed by atoms with Gasteiger partial charge in [-0.1, -0.05) is 6.42 Å². The summed E-state index contributed by atoms with van der Waals surface area (Å²) >= 11 is 0. The molecule has 0 spiro atoms. The largest absolute Gasteiger partial charge is 0.467 e. The van der Waals surface area contributed by atoms with Crippen molar-refractivity contribution in [2.75, 3.05) is 7.11 Å². The van der Waals surface area contributed by atoms with E-state index in [4.69, 9.17) is 15.2 Å². The highest BCUT2D eigenvalue weighted by molar-refractivity contribution is 5.83. The monoisotopic (exact) mass is 284 g/mol. The summed E-state index contributed by atoms with van der Waals surface area (Å²) in [6, 6.07) is -1.11. The van der Waals surface area contributed by atoms with Crippen molar-refractivity contribution in [3.63, 3.8) is 0 Å². The number of esters is 1. The Morgan fingerprint density at radius 2 is 1.90 bits per heavy atom. The number of fused-ring (bicyclic) bond motifs is 1. The minimum absolute atomic E-state index is 0.0102. The Kier molecular flexibility index (Phi) is 3.95. The first-order valence-corrected chi connectivity index (χ1v) is 7.11. The maximum Gasteiger partial charge on any atom is 0.411 e. The zero-order valence-electron chi connectivity index (χ0n) is 12.6. The number of nitrogens with two attached hydrogens (primary N) is 1. The molecule has 4 unspecified atom stereocenters. The Balaban J connectivity index is 2.25. The van der Waals surface area contributed by atoms with Crippen molar-refractivity contribution in [1.82, 2.24) is 4.90 Å². The van der Waals surface area contributed by atoms with E-state index >= 15 is 0 Å². The fourth-order valence-electron chi connectivity index (χ4n) is 3.34. The first-order valence-electron chi connectivity index (χ1n) is 7.11. The molecule has 2 aliphatic rings. The van der Waals surface area contributed by atoms with Gasteiger partial charge in [-0.3, -0.25) is 4.90 Å². The lowest BCUT2D eigenvalue weighted by molar-refractivity contribution is -0.146. The molecule has 20 heavy (non-hydrogen) atoms. The lowest BCUT2D eigenvalue weighted by Crippen LogP contribution is -2.51. The fraction of sp³-hybridized carbons (Fsp3) is 0.857. The summed E-state index contributed by atoms with van der Waals surface area (Å²) in [6.07, 6.45) is 2.36. The van der Waals surface area contributed by atoms with Crippen molar-refractivity contribution in [2.24, 2.45) is 11.7 Å². The van der Waals surface area contributed by atoms with Gasteiger partial charge >= 0.3 is 12.1 Å². The second kappa shape index (κ2) is 5.24. The first kappa shape index (κ1) is 15.1. The average molecular weight is 284 g/mol. The van der Waals surface area contributed by atoms with E-state index in [9.17, 15) is 9.59 Å². The van der Waals surface area contributed by atoms with Gasteiger partial charge in [-0.2, -0.15) is 0 Å². The van der Waals surface area contributed by atoms with Crippen LogP contribution in [-0.4, -0.2) is 47.8 Å². The summed E-state index contributed by atoms with van der Waals surface area (Å²) in [5.74, 6) is -0.302. The Morgan fingerprint density at radius 3 is 2.45 bits per heavy atom. The summed E-state index contributed by atoms with van der Waals surface area (Å²) in [6.45, 7) is 5.42. The van der Waals surface area contributed by atoms with Crippen LogP contribution in [0, 0.1) is 5.92 Å². The lowest BCUT2D eigenvalue weighted by Gasteiger charge is -2.31. The molecule has 0 bridgehead atoms. The fourth-order valence-corrected chi connectivity index (χ4v) is 3.34. The van der Waals surface area contributed by atoms with Crippen LogP contribution >= 0.6 is 0 Å². The molecule has 1 saturated carbocycles. The van der Waals surface area contributed by atoms with Crippen LogP contribution in [0.15, 0.2) is 0 Å². The van der Waals surface area contributed by atoms with Gasteiger partial charge in [0.1, 0.15) is 11.6 Å². The van der Waals surface area contributed by atoms with Gasteiger partial charge in [0.15, 0.2) is 0 Å². The molecular formula is C14H24N2O4. The van der Waals surface area contributed by atoms with E-state index < -0.39 is 23.7 Å². The van der Waals surface area contributed by atoms with Gasteiger partial charge in [0.25, 0.3) is 0 Å². The van der Waals surface area contributed by atoms with Gasteiger partial charge in [0, 0.05) is 12.1 Å². The smallest absolute Gasteiger partial charge is 0.411 e. The summed E-state index contributed by atoms with van der Waals surface area (Å²) in [7, 11) is 1.32. The standard InChI is InChI=1S/C14H24N2O4/c1-14(2,3)20-13(18)16-9-7-5-6-8(9)10(15)11(16)12(17)19-4/h8-11H,5-7,15H2,1-4H3. The van der Waals surface area contributed by atoms with Gasteiger partial charge in [-0.15, -0.1) is 0 Å². The van der Waals surface area contributed by atoms with Crippen molar-refractivity contribution in [3.8, 4) is 0 Å². The molecule has 1 saturated heterocycles. The van der Waals surface area contributed by atoms with E-state index in [2.05, 4.69) is 0 Å². The summed E-state index contributed by atoms with van der Waals surface area (Å²) in [5, 5.41) is 0. The number of likely N-dealkylation sites (tertiary alicyclic amines) is 1. The number of carbonyl (C=O) groups excluding carboxylic acids is 2. The van der Waals surface area contributed by atoms with Crippen LogP contribution < -0.4 is 5.73 Å². The zero-order chi connectivity index (χ0) is 15.1. The Labute approximate surface area is 119 Å². The molecule has 2 N–H and O–H groups in total. The van der Waals surface area contributed by atoms with Gasteiger partial charge in [0.2, 0.25) is 0 Å². The minimum Gasteiger partial charge on any atom is -0.467 e. The second-order valence-electron chi connectivity index (χ2n) is 6.60. The molecule has 114 valence electrons. The molecule has 1 amide bonds. The average Bonchev–Trinajstić information content (AvgIpc) is 2.88. The van der Waals surface area contributed by atoms with E-state index in [1.165, 1.54) is 12.0 Å². The van der Waals surface area contributed by atoms with Gasteiger partial charge in [-0.25, -0.2) is 9.59 Å². The summed E-state index contributed by atoms with van der Waals surface area (Å²) in [5.41, 5.74) is 5.58. The molecule has 1 aliphatic heterocycles. The third-order valence-electron chi connectivity index (χ3n) is 4.09. The molecule has 0 aromatic heterocycles. The Hall–Kier alpha value is -1.30. The molecule has 2 fully saturated rings. The molecule has 0 radical (unpaired) electrons. The normalized spacial score (nSPS) is 33.0. The Bertz CT molecular complexity index is 404.